The number of carbonyl (C=O) groups excluding carboxylic acids is 2. The lowest BCUT2D eigenvalue weighted by Gasteiger charge is -2.53. The fourth-order valence-corrected chi connectivity index (χ4v) is 8.09. The number of carbonyl (C=O) groups is 3. The molecule has 3 aromatic carbocycles. The van der Waals surface area contributed by atoms with Gasteiger partial charge in [0.25, 0.3) is 11.8 Å². The molecule has 9 nitrogen and oxygen atoms in total. The molecule has 0 radical (unpaired) electrons. The first kappa shape index (κ1) is 29.3. The monoisotopic (exact) mass is 644 g/mol. The summed E-state index contributed by atoms with van der Waals surface area (Å²) in [5.41, 5.74) is 5.18. The van der Waals surface area contributed by atoms with E-state index in [1.807, 2.05) is 54.6 Å². The van der Waals surface area contributed by atoms with Gasteiger partial charge in [-0.25, -0.2) is 9.78 Å². The molecule has 2 fully saturated rings. The number of nitrogens with one attached hydrogen (secondary N) is 1. The Morgan fingerprint density at radius 1 is 0.915 bits per heavy atom. The van der Waals surface area contributed by atoms with Crippen molar-refractivity contribution in [1.82, 2.24) is 4.98 Å². The molecule has 0 bridgehead atoms. The Kier molecular flexibility index (Phi) is 7.26. The molecular weight excluding hydrogens is 612 g/mol. The van der Waals surface area contributed by atoms with Crippen LogP contribution in [-0.4, -0.2) is 60.7 Å². The van der Waals surface area contributed by atoms with Gasteiger partial charge >= 0.3 is 5.97 Å². The van der Waals surface area contributed by atoms with E-state index in [9.17, 15) is 19.5 Å². The summed E-state index contributed by atoms with van der Waals surface area (Å²) in [4.78, 5) is 49.3. The van der Waals surface area contributed by atoms with E-state index in [2.05, 4.69) is 10.2 Å². The summed E-state index contributed by atoms with van der Waals surface area (Å²) in [6.45, 7) is 3.68. The van der Waals surface area contributed by atoms with Gasteiger partial charge in [0.2, 0.25) is 0 Å². The predicted octanol–water partition coefficient (Wildman–Crippen LogP) is 6.73. The van der Waals surface area contributed by atoms with Gasteiger partial charge in [-0.3, -0.25) is 9.59 Å². The van der Waals surface area contributed by atoms with Gasteiger partial charge in [-0.2, -0.15) is 0 Å². The van der Waals surface area contributed by atoms with Crippen molar-refractivity contribution in [3.8, 4) is 10.4 Å². The molecule has 2 amide bonds. The molecule has 0 unspecified atom stereocenters. The van der Waals surface area contributed by atoms with Gasteiger partial charge < -0.3 is 25.0 Å². The highest BCUT2D eigenvalue weighted by Gasteiger charge is 2.45. The molecule has 10 heteroatoms. The molecule has 2 aromatic heterocycles. The number of hydrogen-bond donors (Lipinski definition) is 2. The van der Waals surface area contributed by atoms with Gasteiger partial charge in [-0.1, -0.05) is 36.4 Å². The van der Waals surface area contributed by atoms with Gasteiger partial charge in [0.05, 0.1) is 16.8 Å². The number of aromatic carboxylic acids is 1. The van der Waals surface area contributed by atoms with Crippen LogP contribution in [0.5, 0.6) is 0 Å². The van der Waals surface area contributed by atoms with E-state index in [0.717, 1.165) is 71.7 Å². The minimum Gasteiger partial charge on any atom is -0.477 e. The lowest BCUT2D eigenvalue weighted by Crippen LogP contribution is -2.59. The minimum atomic E-state index is -0.947. The number of fused-ring (bicyclic) bond motifs is 4. The van der Waals surface area contributed by atoms with E-state index in [4.69, 9.17) is 9.72 Å². The van der Waals surface area contributed by atoms with Gasteiger partial charge in [-0.15, -0.1) is 11.3 Å². The quantitative estimate of drug-likeness (QED) is 0.218. The molecule has 236 valence electrons. The number of amides is 2. The third-order valence-corrected chi connectivity index (χ3v) is 10.8. The normalized spacial score (nSPS) is 16.6. The van der Waals surface area contributed by atoms with Gasteiger partial charge in [0, 0.05) is 65.3 Å². The molecule has 0 aliphatic carbocycles. The zero-order valence-corrected chi connectivity index (χ0v) is 26.4. The Balaban J connectivity index is 1.03. The molecule has 8 rings (SSSR count). The van der Waals surface area contributed by atoms with Crippen LogP contribution in [0, 0.1) is 5.41 Å². The summed E-state index contributed by atoms with van der Waals surface area (Å²) >= 11 is 1.24. The summed E-state index contributed by atoms with van der Waals surface area (Å²) in [5, 5.41) is 13.5. The standard InChI is InChI=1S/C37H32N4O5S/c42-34(28-19-24-5-1-3-7-29(24)39-33(28)40-21-37(22-40)14-17-46-18-15-37)38-26-11-9-23(10-12-26)35(43)41-16-13-25-20-31(36(44)45)47-32(25)27-6-2-4-8-30(27)41/h1-12,19-20H,13-18,21-22H2,(H,38,42)(H,44,45). The van der Waals surface area contributed by atoms with Crippen LogP contribution in [0.15, 0.2) is 84.9 Å². The van der Waals surface area contributed by atoms with E-state index in [1.165, 1.54) is 11.3 Å². The number of rotatable bonds is 5. The summed E-state index contributed by atoms with van der Waals surface area (Å²) in [5.74, 6) is -0.671. The summed E-state index contributed by atoms with van der Waals surface area (Å²) in [7, 11) is 0. The van der Waals surface area contributed by atoms with Crippen molar-refractivity contribution < 1.29 is 24.2 Å². The number of nitrogens with zero attached hydrogens (tertiary/aromatic N) is 3. The van der Waals surface area contributed by atoms with Gasteiger partial charge in [0.15, 0.2) is 0 Å². The number of benzene rings is 3. The van der Waals surface area contributed by atoms with E-state index in [1.54, 1.807) is 35.2 Å². The highest BCUT2D eigenvalue weighted by Crippen LogP contribution is 2.44. The first-order valence-corrected chi connectivity index (χ1v) is 16.6. The number of anilines is 3. The maximum Gasteiger partial charge on any atom is 0.345 e. The van der Waals surface area contributed by atoms with Crippen molar-refractivity contribution >= 4 is 57.2 Å². The summed E-state index contributed by atoms with van der Waals surface area (Å²) in [6, 6.07) is 26.0. The largest absolute Gasteiger partial charge is 0.477 e. The summed E-state index contributed by atoms with van der Waals surface area (Å²) in [6.07, 6.45) is 2.59. The lowest BCUT2D eigenvalue weighted by molar-refractivity contribution is -0.000492. The van der Waals surface area contributed by atoms with Crippen molar-refractivity contribution in [1.29, 1.82) is 0 Å². The van der Waals surface area contributed by atoms with E-state index in [-0.39, 0.29) is 17.2 Å². The number of carboxylic acid groups (broad SMARTS) is 1. The topological polar surface area (TPSA) is 112 Å². The van der Waals surface area contributed by atoms with Crippen LogP contribution in [0.1, 0.15) is 48.8 Å². The molecule has 5 aromatic rings. The zero-order chi connectivity index (χ0) is 32.1. The Bertz CT molecular complexity index is 2040. The fraction of sp³-hybridized carbons (Fsp3) is 0.243. The van der Waals surface area contributed by atoms with E-state index in [0.29, 0.717) is 40.5 Å². The number of ether oxygens (including phenoxy) is 1. The Labute approximate surface area is 275 Å². The van der Waals surface area contributed by atoms with Crippen molar-refractivity contribution in [2.24, 2.45) is 5.41 Å². The maximum absolute atomic E-state index is 13.9. The van der Waals surface area contributed by atoms with Crippen molar-refractivity contribution in [3.63, 3.8) is 0 Å². The van der Waals surface area contributed by atoms with E-state index < -0.39 is 5.97 Å². The molecular formula is C37H32N4O5S. The first-order valence-electron chi connectivity index (χ1n) is 15.8. The highest BCUT2D eigenvalue weighted by atomic mass is 32.1. The van der Waals surface area contributed by atoms with Crippen LogP contribution in [-0.2, 0) is 11.2 Å². The van der Waals surface area contributed by atoms with Gasteiger partial charge in [-0.05, 0) is 73.4 Å². The number of carboxylic acids is 1. The molecule has 5 heterocycles. The molecule has 3 aliphatic rings. The third kappa shape index (κ3) is 5.33. The van der Waals surface area contributed by atoms with Crippen LogP contribution in [0.2, 0.25) is 0 Å². The number of thiophene rings is 1. The maximum atomic E-state index is 13.9. The van der Waals surface area contributed by atoms with Crippen LogP contribution < -0.4 is 15.1 Å². The molecule has 3 aliphatic heterocycles. The van der Waals surface area contributed by atoms with Crippen molar-refractivity contribution in [2.45, 2.75) is 19.3 Å². The minimum absolute atomic E-state index is 0.162. The first-order chi connectivity index (χ1) is 22.9. The molecule has 1 spiro atoms. The Morgan fingerprint density at radius 3 is 2.45 bits per heavy atom. The summed E-state index contributed by atoms with van der Waals surface area (Å²) < 4.78 is 5.59. The lowest BCUT2D eigenvalue weighted by atomic mass is 9.73. The molecule has 2 N–H and O–H groups in total. The third-order valence-electron chi connectivity index (χ3n) is 9.55. The highest BCUT2D eigenvalue weighted by molar-refractivity contribution is 7.17. The fourth-order valence-electron chi connectivity index (χ4n) is 7.01. The number of para-hydroxylation sites is 2. The van der Waals surface area contributed by atoms with E-state index >= 15 is 0 Å². The van der Waals surface area contributed by atoms with Crippen LogP contribution in [0.25, 0.3) is 21.3 Å². The zero-order valence-electron chi connectivity index (χ0n) is 25.6. The smallest absolute Gasteiger partial charge is 0.345 e. The second-order valence-corrected chi connectivity index (χ2v) is 13.6. The van der Waals surface area contributed by atoms with Crippen LogP contribution in [0.3, 0.4) is 0 Å². The molecule has 2 saturated heterocycles. The van der Waals surface area contributed by atoms with Crippen molar-refractivity contribution in [2.75, 3.05) is 48.0 Å². The predicted molar refractivity (Wildman–Crippen MR) is 183 cm³/mol. The van der Waals surface area contributed by atoms with Crippen LogP contribution >= 0.6 is 11.3 Å². The second kappa shape index (κ2) is 11.6. The average Bonchev–Trinajstić information content (AvgIpc) is 3.45. The van der Waals surface area contributed by atoms with Crippen LogP contribution in [0.4, 0.5) is 17.2 Å². The molecule has 0 atom stereocenters. The molecule has 47 heavy (non-hydrogen) atoms. The van der Waals surface area contributed by atoms with Gasteiger partial charge in [0.1, 0.15) is 10.7 Å². The number of hydrogen-bond acceptors (Lipinski definition) is 7. The SMILES string of the molecule is O=C(O)c1cc2c(s1)-c1ccccc1N(C(=O)c1ccc(NC(=O)c3cc4ccccc4nc3N3CC4(CCOCC4)C3)cc1)CC2. The Morgan fingerprint density at radius 2 is 1.66 bits per heavy atom. The van der Waals surface area contributed by atoms with Crippen molar-refractivity contribution in [3.05, 3.63) is 106 Å². The average molecular weight is 645 g/mol. The molecule has 0 saturated carbocycles. The number of pyridine rings is 1. The Hall–Kier alpha value is -5.06. The second-order valence-electron chi connectivity index (χ2n) is 12.5. The number of aromatic nitrogens is 1.